The van der Waals surface area contributed by atoms with Gasteiger partial charge in [-0.05, 0) is 6.07 Å². The number of benzene rings is 1. The zero-order valence-corrected chi connectivity index (χ0v) is 10.3. The molecule has 2 rings (SSSR count). The second-order valence-corrected chi connectivity index (χ2v) is 4.85. The molecule has 17 heavy (non-hydrogen) atoms. The van der Waals surface area contributed by atoms with Crippen LogP contribution in [0.4, 0.5) is 0 Å². The van der Waals surface area contributed by atoms with Gasteiger partial charge in [0.15, 0.2) is 0 Å². The number of phenolic OH excluding ortho intramolecular Hbond substituents is 1. The van der Waals surface area contributed by atoms with Crippen LogP contribution in [0.5, 0.6) is 5.75 Å². The fourth-order valence-corrected chi connectivity index (χ4v) is 2.44. The fourth-order valence-electron chi connectivity index (χ4n) is 2.11. The lowest BCUT2D eigenvalue weighted by molar-refractivity contribution is -0.141. The van der Waals surface area contributed by atoms with Crippen LogP contribution >= 0.6 is 23.2 Å². The summed E-state index contributed by atoms with van der Waals surface area (Å²) in [6.07, 6.45) is 0. The lowest BCUT2D eigenvalue weighted by atomic mass is 9.88. The number of carboxylic acids is 1. The summed E-state index contributed by atoms with van der Waals surface area (Å²) >= 11 is 11.6. The highest BCUT2D eigenvalue weighted by atomic mass is 35.5. The molecular formula is C11H11Cl2NO3. The van der Waals surface area contributed by atoms with E-state index in [1.807, 2.05) is 0 Å². The first-order valence-corrected chi connectivity index (χ1v) is 5.87. The normalized spacial score (nSPS) is 23.9. The smallest absolute Gasteiger partial charge is 0.308 e. The number of aromatic hydroxyl groups is 1. The summed E-state index contributed by atoms with van der Waals surface area (Å²) in [7, 11) is 0. The number of rotatable bonds is 2. The molecule has 0 amide bonds. The van der Waals surface area contributed by atoms with Gasteiger partial charge in [-0.2, -0.15) is 0 Å². The number of carboxylic acid groups (broad SMARTS) is 1. The van der Waals surface area contributed by atoms with Crippen molar-refractivity contribution in [1.29, 1.82) is 0 Å². The lowest BCUT2D eigenvalue weighted by Crippen LogP contribution is -2.21. The Hall–Kier alpha value is -0.970. The van der Waals surface area contributed by atoms with Gasteiger partial charge in [-0.3, -0.25) is 4.79 Å². The molecule has 2 unspecified atom stereocenters. The van der Waals surface area contributed by atoms with Gasteiger partial charge in [0.25, 0.3) is 0 Å². The molecule has 4 nitrogen and oxygen atoms in total. The van der Waals surface area contributed by atoms with Gasteiger partial charge in [0.1, 0.15) is 5.75 Å². The van der Waals surface area contributed by atoms with Gasteiger partial charge in [-0.15, -0.1) is 0 Å². The fraction of sp³-hybridized carbons (Fsp3) is 0.364. The summed E-state index contributed by atoms with van der Waals surface area (Å²) in [6.45, 7) is 0.891. The highest BCUT2D eigenvalue weighted by Gasteiger charge is 2.35. The first-order valence-electron chi connectivity index (χ1n) is 5.12. The molecule has 0 saturated carbocycles. The lowest BCUT2D eigenvalue weighted by Gasteiger charge is -2.17. The summed E-state index contributed by atoms with van der Waals surface area (Å²) < 4.78 is 0. The van der Waals surface area contributed by atoms with E-state index in [1.54, 1.807) is 0 Å². The molecule has 1 aliphatic heterocycles. The molecule has 1 heterocycles. The van der Waals surface area contributed by atoms with Crippen LogP contribution in [-0.2, 0) is 4.79 Å². The standard InChI is InChI=1S/C11H11Cl2NO3/c12-8-1-5(10(15)2-9(8)13)6-3-14-4-7(6)11(16)17/h1-2,6-7,14-15H,3-4H2,(H,16,17). The van der Waals surface area contributed by atoms with Gasteiger partial charge in [0.05, 0.1) is 16.0 Å². The van der Waals surface area contributed by atoms with Gasteiger partial charge in [0.2, 0.25) is 0 Å². The van der Waals surface area contributed by atoms with E-state index in [1.165, 1.54) is 12.1 Å². The summed E-state index contributed by atoms with van der Waals surface area (Å²) in [4.78, 5) is 11.1. The second-order valence-electron chi connectivity index (χ2n) is 4.03. The molecule has 1 saturated heterocycles. The highest BCUT2D eigenvalue weighted by Crippen LogP contribution is 2.38. The van der Waals surface area contributed by atoms with Crippen LogP contribution in [-0.4, -0.2) is 29.3 Å². The molecule has 0 spiro atoms. The Bertz CT molecular complexity index is 464. The van der Waals surface area contributed by atoms with E-state index in [2.05, 4.69) is 5.32 Å². The number of phenols is 1. The minimum absolute atomic E-state index is 0.0145. The van der Waals surface area contributed by atoms with E-state index in [4.69, 9.17) is 28.3 Å². The van der Waals surface area contributed by atoms with Gasteiger partial charge >= 0.3 is 5.97 Å². The first-order chi connectivity index (χ1) is 8.00. The van der Waals surface area contributed by atoms with Crippen molar-refractivity contribution >= 4 is 29.2 Å². The third-order valence-electron chi connectivity index (χ3n) is 3.00. The third kappa shape index (κ3) is 2.34. The minimum atomic E-state index is -0.884. The van der Waals surface area contributed by atoms with Crippen LogP contribution in [0.25, 0.3) is 0 Å². The predicted molar refractivity (Wildman–Crippen MR) is 64.9 cm³/mol. The second kappa shape index (κ2) is 4.72. The van der Waals surface area contributed by atoms with Gasteiger partial charge in [0, 0.05) is 30.6 Å². The molecule has 0 bridgehead atoms. The summed E-state index contributed by atoms with van der Waals surface area (Å²) in [5.74, 6) is -1.75. The molecule has 1 fully saturated rings. The average Bonchev–Trinajstić information content (AvgIpc) is 2.72. The largest absolute Gasteiger partial charge is 0.508 e. The third-order valence-corrected chi connectivity index (χ3v) is 3.72. The van der Waals surface area contributed by atoms with Crippen molar-refractivity contribution in [2.75, 3.05) is 13.1 Å². The number of halogens is 2. The van der Waals surface area contributed by atoms with Crippen LogP contribution in [0.2, 0.25) is 10.0 Å². The number of nitrogens with one attached hydrogen (secondary N) is 1. The molecule has 1 aromatic carbocycles. The van der Waals surface area contributed by atoms with Crippen LogP contribution in [0.15, 0.2) is 12.1 Å². The van der Waals surface area contributed by atoms with Crippen molar-refractivity contribution in [2.24, 2.45) is 5.92 Å². The molecule has 2 atom stereocenters. The Morgan fingerprint density at radius 1 is 1.29 bits per heavy atom. The number of aliphatic carboxylic acids is 1. The van der Waals surface area contributed by atoms with Crippen LogP contribution < -0.4 is 5.32 Å². The van der Waals surface area contributed by atoms with Crippen molar-refractivity contribution < 1.29 is 15.0 Å². The van der Waals surface area contributed by atoms with E-state index >= 15 is 0 Å². The van der Waals surface area contributed by atoms with Gasteiger partial charge < -0.3 is 15.5 Å². The topological polar surface area (TPSA) is 69.6 Å². The summed E-state index contributed by atoms with van der Waals surface area (Å²) in [5.41, 5.74) is 0.525. The molecule has 0 aromatic heterocycles. The van der Waals surface area contributed by atoms with E-state index in [9.17, 15) is 9.90 Å². The SMILES string of the molecule is O=C(O)C1CNCC1c1cc(Cl)c(Cl)cc1O. The zero-order chi connectivity index (χ0) is 12.6. The Morgan fingerprint density at radius 3 is 2.59 bits per heavy atom. The molecular weight excluding hydrogens is 265 g/mol. The summed E-state index contributed by atoms with van der Waals surface area (Å²) in [6, 6.07) is 2.88. The molecule has 0 radical (unpaired) electrons. The van der Waals surface area contributed by atoms with E-state index < -0.39 is 11.9 Å². The average molecular weight is 276 g/mol. The van der Waals surface area contributed by atoms with Crippen LogP contribution in [0.3, 0.4) is 0 Å². The Morgan fingerprint density at radius 2 is 1.94 bits per heavy atom. The first kappa shape index (κ1) is 12.5. The maximum Gasteiger partial charge on any atom is 0.308 e. The highest BCUT2D eigenvalue weighted by molar-refractivity contribution is 6.42. The number of carbonyl (C=O) groups is 1. The predicted octanol–water partition coefficient (Wildman–Crippen LogP) is 2.09. The van der Waals surface area contributed by atoms with Gasteiger partial charge in [-0.25, -0.2) is 0 Å². The Balaban J connectivity index is 2.40. The van der Waals surface area contributed by atoms with Crippen molar-refractivity contribution in [1.82, 2.24) is 5.32 Å². The molecule has 1 aromatic rings. The van der Waals surface area contributed by atoms with Crippen molar-refractivity contribution in [3.8, 4) is 5.75 Å². The van der Waals surface area contributed by atoms with Crippen molar-refractivity contribution in [2.45, 2.75) is 5.92 Å². The van der Waals surface area contributed by atoms with Crippen molar-refractivity contribution in [3.63, 3.8) is 0 Å². The molecule has 3 N–H and O–H groups in total. The Labute approximate surface area is 108 Å². The Kier molecular flexibility index (Phi) is 3.47. The molecule has 92 valence electrons. The van der Waals surface area contributed by atoms with E-state index in [0.29, 0.717) is 23.7 Å². The maximum atomic E-state index is 11.1. The summed E-state index contributed by atoms with van der Waals surface area (Å²) in [5, 5.41) is 22.5. The number of hydrogen-bond donors (Lipinski definition) is 3. The molecule has 0 aliphatic carbocycles. The zero-order valence-electron chi connectivity index (χ0n) is 8.78. The van der Waals surface area contributed by atoms with Crippen LogP contribution in [0, 0.1) is 5.92 Å². The van der Waals surface area contributed by atoms with E-state index in [-0.39, 0.29) is 16.7 Å². The van der Waals surface area contributed by atoms with E-state index in [0.717, 1.165) is 0 Å². The minimum Gasteiger partial charge on any atom is -0.508 e. The number of hydrogen-bond acceptors (Lipinski definition) is 3. The van der Waals surface area contributed by atoms with Crippen molar-refractivity contribution in [3.05, 3.63) is 27.7 Å². The quantitative estimate of drug-likeness (QED) is 0.773. The monoisotopic (exact) mass is 275 g/mol. The van der Waals surface area contributed by atoms with Crippen LogP contribution in [0.1, 0.15) is 11.5 Å². The maximum absolute atomic E-state index is 11.1. The van der Waals surface area contributed by atoms with Gasteiger partial charge in [-0.1, -0.05) is 23.2 Å². The molecule has 1 aliphatic rings. The molecule has 6 heteroatoms.